The van der Waals surface area contributed by atoms with Crippen LogP contribution in [0.2, 0.25) is 0 Å². The minimum atomic E-state index is -1.08. The van der Waals surface area contributed by atoms with E-state index < -0.39 is 17.7 Å². The molecule has 0 saturated heterocycles. The molecule has 4 rings (SSSR count). The first-order valence-corrected chi connectivity index (χ1v) is 9.73. The van der Waals surface area contributed by atoms with Crippen LogP contribution < -0.4 is 5.32 Å². The quantitative estimate of drug-likeness (QED) is 0.607. The number of benzene rings is 3. The molecule has 1 N–H and O–H groups in total. The summed E-state index contributed by atoms with van der Waals surface area (Å²) in [6, 6.07) is 19.7. The van der Waals surface area contributed by atoms with Gasteiger partial charge in [-0.3, -0.25) is 0 Å². The molecular formula is C25H18F2N2O2. The maximum absolute atomic E-state index is 13.4. The second-order valence-electron chi connectivity index (χ2n) is 7.07. The number of nitriles is 1. The molecule has 3 aromatic carbocycles. The highest BCUT2D eigenvalue weighted by Gasteiger charge is 2.28. The number of rotatable bonds is 5. The second-order valence-corrected chi connectivity index (χ2v) is 7.07. The molecule has 0 aromatic heterocycles. The van der Waals surface area contributed by atoms with Crippen molar-refractivity contribution in [2.75, 3.05) is 13.2 Å². The Balaban J connectivity index is 1.35. The molecule has 0 aliphatic heterocycles. The van der Waals surface area contributed by atoms with E-state index >= 15 is 0 Å². The number of fused-ring (bicyclic) bond motifs is 3. The molecule has 0 heterocycles. The van der Waals surface area contributed by atoms with E-state index in [4.69, 9.17) is 10.00 Å². The monoisotopic (exact) mass is 416 g/mol. The van der Waals surface area contributed by atoms with E-state index in [1.54, 1.807) is 0 Å². The summed E-state index contributed by atoms with van der Waals surface area (Å²) < 4.78 is 32.0. The van der Waals surface area contributed by atoms with Gasteiger partial charge in [0.15, 0.2) is 11.6 Å². The maximum atomic E-state index is 13.4. The zero-order chi connectivity index (χ0) is 21.8. The first-order chi connectivity index (χ1) is 15.1. The van der Waals surface area contributed by atoms with Gasteiger partial charge in [-0.25, -0.2) is 13.6 Å². The number of ether oxygens (including phenoxy) is 1. The highest BCUT2D eigenvalue weighted by molar-refractivity contribution is 5.79. The summed E-state index contributed by atoms with van der Waals surface area (Å²) >= 11 is 0. The lowest BCUT2D eigenvalue weighted by Crippen LogP contribution is -2.26. The van der Waals surface area contributed by atoms with Gasteiger partial charge >= 0.3 is 6.09 Å². The van der Waals surface area contributed by atoms with Gasteiger partial charge in [0.1, 0.15) is 6.61 Å². The first kappa shape index (κ1) is 20.3. The normalized spacial score (nSPS) is 12.3. The van der Waals surface area contributed by atoms with E-state index in [0.29, 0.717) is 0 Å². The predicted molar refractivity (Wildman–Crippen MR) is 113 cm³/mol. The van der Waals surface area contributed by atoms with Crippen LogP contribution >= 0.6 is 0 Å². The molecular weight excluding hydrogens is 398 g/mol. The molecule has 1 aliphatic carbocycles. The van der Waals surface area contributed by atoms with E-state index in [1.807, 2.05) is 42.5 Å². The molecule has 0 spiro atoms. The summed E-state index contributed by atoms with van der Waals surface area (Å²) in [5, 5.41) is 11.6. The van der Waals surface area contributed by atoms with E-state index in [-0.39, 0.29) is 30.2 Å². The summed E-state index contributed by atoms with van der Waals surface area (Å²) in [4.78, 5) is 12.1. The largest absolute Gasteiger partial charge is 0.449 e. The zero-order valence-corrected chi connectivity index (χ0v) is 16.4. The molecule has 4 nitrogen and oxygen atoms in total. The van der Waals surface area contributed by atoms with Crippen LogP contribution in [0, 0.1) is 23.0 Å². The summed E-state index contributed by atoms with van der Waals surface area (Å²) in [6.45, 7) is 0.311. The Morgan fingerprint density at radius 3 is 2.29 bits per heavy atom. The van der Waals surface area contributed by atoms with Crippen molar-refractivity contribution < 1.29 is 18.3 Å². The van der Waals surface area contributed by atoms with Crippen LogP contribution in [0.1, 0.15) is 28.2 Å². The smallest absolute Gasteiger partial charge is 0.407 e. The van der Waals surface area contributed by atoms with Crippen molar-refractivity contribution >= 4 is 12.2 Å². The maximum Gasteiger partial charge on any atom is 0.407 e. The van der Waals surface area contributed by atoms with Gasteiger partial charge < -0.3 is 10.1 Å². The topological polar surface area (TPSA) is 62.1 Å². The van der Waals surface area contributed by atoms with Gasteiger partial charge in [-0.05, 0) is 39.9 Å². The molecule has 1 aliphatic rings. The lowest BCUT2D eigenvalue weighted by Gasteiger charge is -2.14. The Labute approximate surface area is 178 Å². The molecule has 6 heteroatoms. The summed E-state index contributed by atoms with van der Waals surface area (Å²) in [5.41, 5.74) is 4.79. The SMILES string of the molecule is N#Cc1cc(F)c(F)cc1C=CCNC(=O)OCC1c2ccccc2-c2ccccc21. The van der Waals surface area contributed by atoms with Crippen LogP contribution in [-0.2, 0) is 4.74 Å². The van der Waals surface area contributed by atoms with Crippen LogP contribution in [0.15, 0.2) is 66.7 Å². The second kappa shape index (κ2) is 8.80. The Hall–Kier alpha value is -3.98. The number of nitrogens with one attached hydrogen (secondary N) is 1. The van der Waals surface area contributed by atoms with E-state index in [9.17, 15) is 13.6 Å². The summed E-state index contributed by atoms with van der Waals surface area (Å²) in [5.74, 6) is -2.15. The predicted octanol–water partition coefficient (Wildman–Crippen LogP) is 5.39. The average molecular weight is 416 g/mol. The molecule has 0 saturated carbocycles. The Morgan fingerprint density at radius 2 is 1.65 bits per heavy atom. The lowest BCUT2D eigenvalue weighted by atomic mass is 9.98. The van der Waals surface area contributed by atoms with Gasteiger partial charge in [0, 0.05) is 12.5 Å². The Bertz CT molecular complexity index is 1170. The Morgan fingerprint density at radius 1 is 1.03 bits per heavy atom. The van der Waals surface area contributed by atoms with Crippen LogP contribution in [0.3, 0.4) is 0 Å². The van der Waals surface area contributed by atoms with Crippen LogP contribution in [0.4, 0.5) is 13.6 Å². The minimum Gasteiger partial charge on any atom is -0.449 e. The molecule has 0 bridgehead atoms. The fourth-order valence-corrected chi connectivity index (χ4v) is 3.77. The minimum absolute atomic E-state index is 0.0105. The standard InChI is InChI=1S/C25H18F2N2O2/c26-23-12-16(17(14-28)13-24(23)27)6-5-11-29-25(30)31-15-22-20-9-3-1-7-18(20)19-8-2-4-10-21(19)22/h1-10,12-13,22H,11,15H2,(H,29,30). The molecule has 31 heavy (non-hydrogen) atoms. The number of hydrogen-bond acceptors (Lipinski definition) is 3. The number of alkyl carbamates (subject to hydrolysis) is 1. The van der Waals surface area contributed by atoms with Crippen molar-refractivity contribution in [1.29, 1.82) is 5.26 Å². The molecule has 0 fully saturated rings. The third kappa shape index (κ3) is 4.17. The number of halogens is 2. The third-order valence-corrected chi connectivity index (χ3v) is 5.22. The van der Waals surface area contributed by atoms with Gasteiger partial charge in [0.05, 0.1) is 11.6 Å². The van der Waals surface area contributed by atoms with Crippen molar-refractivity contribution in [3.05, 3.63) is 101 Å². The zero-order valence-electron chi connectivity index (χ0n) is 16.4. The molecule has 0 unspecified atom stereocenters. The van der Waals surface area contributed by atoms with Gasteiger partial charge in [0.2, 0.25) is 0 Å². The van der Waals surface area contributed by atoms with Gasteiger partial charge in [-0.15, -0.1) is 0 Å². The molecule has 1 amide bonds. The van der Waals surface area contributed by atoms with Crippen molar-refractivity contribution in [3.63, 3.8) is 0 Å². The van der Waals surface area contributed by atoms with Gasteiger partial charge in [-0.2, -0.15) is 5.26 Å². The van der Waals surface area contributed by atoms with Crippen molar-refractivity contribution in [2.24, 2.45) is 0 Å². The molecule has 154 valence electrons. The number of carbonyl (C=O) groups is 1. The van der Waals surface area contributed by atoms with Crippen molar-refractivity contribution in [3.8, 4) is 17.2 Å². The summed E-state index contributed by atoms with van der Waals surface area (Å²) in [6.07, 6.45) is 2.40. The third-order valence-electron chi connectivity index (χ3n) is 5.22. The van der Waals surface area contributed by atoms with Crippen LogP contribution in [-0.4, -0.2) is 19.2 Å². The van der Waals surface area contributed by atoms with E-state index in [0.717, 1.165) is 34.4 Å². The van der Waals surface area contributed by atoms with Crippen LogP contribution in [0.25, 0.3) is 17.2 Å². The average Bonchev–Trinajstić information content (AvgIpc) is 3.11. The van der Waals surface area contributed by atoms with Gasteiger partial charge in [0.25, 0.3) is 0 Å². The fourth-order valence-electron chi connectivity index (χ4n) is 3.77. The Kier molecular flexibility index (Phi) is 5.76. The number of carbonyl (C=O) groups excluding carboxylic acids is 1. The molecule has 0 atom stereocenters. The molecule has 3 aromatic rings. The summed E-state index contributed by atoms with van der Waals surface area (Å²) in [7, 11) is 0. The number of amides is 1. The van der Waals surface area contributed by atoms with Crippen LogP contribution in [0.5, 0.6) is 0 Å². The number of hydrogen-bond donors (Lipinski definition) is 1. The fraction of sp³-hybridized carbons (Fsp3) is 0.120. The lowest BCUT2D eigenvalue weighted by molar-refractivity contribution is 0.144. The molecule has 0 radical (unpaired) electrons. The van der Waals surface area contributed by atoms with Crippen molar-refractivity contribution in [2.45, 2.75) is 5.92 Å². The van der Waals surface area contributed by atoms with Gasteiger partial charge in [-0.1, -0.05) is 60.7 Å². The highest BCUT2D eigenvalue weighted by Crippen LogP contribution is 2.44. The highest BCUT2D eigenvalue weighted by atomic mass is 19.2. The first-order valence-electron chi connectivity index (χ1n) is 9.73. The number of nitrogens with zero attached hydrogens (tertiary/aromatic N) is 1. The van der Waals surface area contributed by atoms with Crippen molar-refractivity contribution in [1.82, 2.24) is 5.32 Å². The van der Waals surface area contributed by atoms with E-state index in [1.165, 1.54) is 12.2 Å². The van der Waals surface area contributed by atoms with E-state index in [2.05, 4.69) is 17.4 Å².